The molecule has 0 fully saturated rings. The Morgan fingerprint density at radius 3 is 2.76 bits per heavy atom. The monoisotopic (exact) mass is 230 g/mol. The molecule has 1 atom stereocenters. The van der Waals surface area contributed by atoms with Crippen molar-refractivity contribution in [1.29, 1.82) is 0 Å². The Labute approximate surface area is 101 Å². The van der Waals surface area contributed by atoms with Gasteiger partial charge in [0.05, 0.1) is 5.52 Å². The highest BCUT2D eigenvalue weighted by Crippen LogP contribution is 2.30. The van der Waals surface area contributed by atoms with Crippen molar-refractivity contribution in [3.63, 3.8) is 0 Å². The molecule has 1 heterocycles. The van der Waals surface area contributed by atoms with E-state index in [2.05, 4.69) is 4.98 Å². The van der Waals surface area contributed by atoms with E-state index in [1.54, 1.807) is 6.20 Å². The van der Waals surface area contributed by atoms with Gasteiger partial charge in [0, 0.05) is 18.1 Å². The Hall–Kier alpha value is -1.45. The first-order chi connectivity index (χ1) is 8.08. The number of aromatic nitrogens is 1. The van der Waals surface area contributed by atoms with E-state index in [1.807, 2.05) is 44.2 Å². The smallest absolute Gasteiger partial charge is 0.104 e. The summed E-state index contributed by atoms with van der Waals surface area (Å²) in [6, 6.07) is 9.72. The van der Waals surface area contributed by atoms with Crippen molar-refractivity contribution < 1.29 is 5.11 Å². The fourth-order valence-corrected chi connectivity index (χ4v) is 2.02. The highest BCUT2D eigenvalue weighted by molar-refractivity contribution is 5.79. The topological polar surface area (TPSA) is 59.1 Å². The Balaban J connectivity index is 2.55. The molecule has 0 saturated carbocycles. The first-order valence-electron chi connectivity index (χ1n) is 5.85. The molecule has 90 valence electrons. The van der Waals surface area contributed by atoms with Gasteiger partial charge >= 0.3 is 0 Å². The lowest BCUT2D eigenvalue weighted by Gasteiger charge is -2.31. The average Bonchev–Trinajstić information content (AvgIpc) is 2.37. The minimum atomic E-state index is -0.980. The molecule has 0 bridgehead atoms. The van der Waals surface area contributed by atoms with Gasteiger partial charge in [-0.1, -0.05) is 32.0 Å². The SMILES string of the molecule is CC(C)C(O)(CN)c1ccc2cccnc2c1. The van der Waals surface area contributed by atoms with Gasteiger partial charge < -0.3 is 10.8 Å². The number of hydrogen-bond donors (Lipinski definition) is 2. The van der Waals surface area contributed by atoms with Crippen LogP contribution in [0.5, 0.6) is 0 Å². The zero-order chi connectivity index (χ0) is 12.5. The van der Waals surface area contributed by atoms with Crippen molar-refractivity contribution in [3.8, 4) is 0 Å². The zero-order valence-corrected chi connectivity index (χ0v) is 10.2. The molecule has 1 aromatic carbocycles. The molecular formula is C14H18N2O. The zero-order valence-electron chi connectivity index (χ0n) is 10.2. The molecule has 0 radical (unpaired) electrons. The number of fused-ring (bicyclic) bond motifs is 1. The second kappa shape index (κ2) is 4.43. The molecule has 0 aliphatic rings. The van der Waals surface area contributed by atoms with Crippen LogP contribution in [0.1, 0.15) is 19.4 Å². The molecule has 0 amide bonds. The lowest BCUT2D eigenvalue weighted by Crippen LogP contribution is -2.39. The maximum Gasteiger partial charge on any atom is 0.104 e. The van der Waals surface area contributed by atoms with E-state index in [1.165, 1.54) is 0 Å². The summed E-state index contributed by atoms with van der Waals surface area (Å²) in [6.45, 7) is 4.15. The van der Waals surface area contributed by atoms with Crippen LogP contribution in [0, 0.1) is 5.92 Å². The molecule has 0 aliphatic carbocycles. The van der Waals surface area contributed by atoms with Crippen LogP contribution < -0.4 is 5.73 Å². The van der Waals surface area contributed by atoms with Gasteiger partial charge in [-0.05, 0) is 23.6 Å². The summed E-state index contributed by atoms with van der Waals surface area (Å²) >= 11 is 0. The van der Waals surface area contributed by atoms with Gasteiger partial charge in [-0.25, -0.2) is 0 Å². The van der Waals surface area contributed by atoms with Crippen molar-refractivity contribution in [2.45, 2.75) is 19.4 Å². The maximum absolute atomic E-state index is 10.6. The van der Waals surface area contributed by atoms with Gasteiger partial charge in [0.25, 0.3) is 0 Å². The third-order valence-corrected chi connectivity index (χ3v) is 3.37. The largest absolute Gasteiger partial charge is 0.384 e. The summed E-state index contributed by atoms with van der Waals surface area (Å²) in [5.41, 5.74) is 6.45. The summed E-state index contributed by atoms with van der Waals surface area (Å²) in [5.74, 6) is 0.0636. The van der Waals surface area contributed by atoms with Gasteiger partial charge in [-0.15, -0.1) is 0 Å². The predicted octanol–water partition coefficient (Wildman–Crippen LogP) is 2.04. The normalized spacial score (nSPS) is 15.1. The highest BCUT2D eigenvalue weighted by atomic mass is 16.3. The first kappa shape index (κ1) is 12.0. The predicted molar refractivity (Wildman–Crippen MR) is 69.5 cm³/mol. The van der Waals surface area contributed by atoms with E-state index < -0.39 is 5.60 Å². The Morgan fingerprint density at radius 1 is 1.35 bits per heavy atom. The maximum atomic E-state index is 10.6. The standard InChI is InChI=1S/C14H18N2O/c1-10(2)14(17,9-15)12-6-5-11-4-3-7-16-13(11)8-12/h3-8,10,17H,9,15H2,1-2H3. The molecule has 0 aliphatic heterocycles. The fourth-order valence-electron chi connectivity index (χ4n) is 2.02. The number of aliphatic hydroxyl groups is 1. The molecular weight excluding hydrogens is 212 g/mol. The molecule has 17 heavy (non-hydrogen) atoms. The number of nitrogens with two attached hydrogens (primary N) is 1. The molecule has 0 saturated heterocycles. The molecule has 3 N–H and O–H groups in total. The van der Waals surface area contributed by atoms with Crippen LogP contribution in [0.25, 0.3) is 10.9 Å². The van der Waals surface area contributed by atoms with Crippen LogP contribution in [0.15, 0.2) is 36.5 Å². The van der Waals surface area contributed by atoms with Crippen LogP contribution in [0.3, 0.4) is 0 Å². The van der Waals surface area contributed by atoms with E-state index in [4.69, 9.17) is 5.73 Å². The van der Waals surface area contributed by atoms with E-state index in [0.717, 1.165) is 16.5 Å². The lowest BCUT2D eigenvalue weighted by molar-refractivity contribution is -0.00103. The molecule has 3 heteroatoms. The average molecular weight is 230 g/mol. The second-order valence-electron chi connectivity index (χ2n) is 4.69. The van der Waals surface area contributed by atoms with Crippen molar-refractivity contribution in [2.75, 3.05) is 6.54 Å². The Bertz CT molecular complexity index is 524. The van der Waals surface area contributed by atoms with Gasteiger partial charge in [-0.3, -0.25) is 4.98 Å². The first-order valence-corrected chi connectivity index (χ1v) is 5.85. The number of pyridine rings is 1. The van der Waals surface area contributed by atoms with Gasteiger partial charge in [0.15, 0.2) is 0 Å². The van der Waals surface area contributed by atoms with Crippen molar-refractivity contribution >= 4 is 10.9 Å². The quantitative estimate of drug-likeness (QED) is 0.848. The summed E-state index contributed by atoms with van der Waals surface area (Å²) in [5, 5.41) is 11.6. The molecule has 1 unspecified atom stereocenters. The second-order valence-corrected chi connectivity index (χ2v) is 4.69. The molecule has 0 spiro atoms. The summed E-state index contributed by atoms with van der Waals surface area (Å²) < 4.78 is 0. The van der Waals surface area contributed by atoms with Crippen LogP contribution in [-0.2, 0) is 5.60 Å². The number of benzene rings is 1. The Kier molecular flexibility index (Phi) is 3.13. The number of hydrogen-bond acceptors (Lipinski definition) is 3. The highest BCUT2D eigenvalue weighted by Gasteiger charge is 2.31. The van der Waals surface area contributed by atoms with Gasteiger partial charge in [0.1, 0.15) is 5.60 Å². The van der Waals surface area contributed by atoms with Crippen molar-refractivity contribution in [3.05, 3.63) is 42.1 Å². The molecule has 3 nitrogen and oxygen atoms in total. The summed E-state index contributed by atoms with van der Waals surface area (Å²) in [6.07, 6.45) is 1.75. The van der Waals surface area contributed by atoms with E-state index in [0.29, 0.717) is 0 Å². The fraction of sp³-hybridized carbons (Fsp3) is 0.357. The van der Waals surface area contributed by atoms with Crippen LogP contribution >= 0.6 is 0 Å². The third-order valence-electron chi connectivity index (χ3n) is 3.37. The Morgan fingerprint density at radius 2 is 2.12 bits per heavy atom. The lowest BCUT2D eigenvalue weighted by atomic mass is 9.83. The molecule has 1 aromatic heterocycles. The van der Waals surface area contributed by atoms with Crippen LogP contribution in [0.4, 0.5) is 0 Å². The van der Waals surface area contributed by atoms with E-state index >= 15 is 0 Å². The van der Waals surface area contributed by atoms with Gasteiger partial charge in [-0.2, -0.15) is 0 Å². The minimum absolute atomic E-state index is 0.0636. The number of nitrogens with zero attached hydrogens (tertiary/aromatic N) is 1. The van der Waals surface area contributed by atoms with E-state index in [9.17, 15) is 5.11 Å². The summed E-state index contributed by atoms with van der Waals surface area (Å²) in [4.78, 5) is 4.30. The summed E-state index contributed by atoms with van der Waals surface area (Å²) in [7, 11) is 0. The van der Waals surface area contributed by atoms with Crippen molar-refractivity contribution in [1.82, 2.24) is 4.98 Å². The number of rotatable bonds is 3. The van der Waals surface area contributed by atoms with Crippen molar-refractivity contribution in [2.24, 2.45) is 11.7 Å². The van der Waals surface area contributed by atoms with Gasteiger partial charge in [0.2, 0.25) is 0 Å². The minimum Gasteiger partial charge on any atom is -0.384 e. The molecule has 2 aromatic rings. The van der Waals surface area contributed by atoms with Crippen LogP contribution in [0.2, 0.25) is 0 Å². The molecule has 2 rings (SSSR count). The van der Waals surface area contributed by atoms with E-state index in [-0.39, 0.29) is 12.5 Å². The third kappa shape index (κ3) is 2.04. The van der Waals surface area contributed by atoms with Crippen LogP contribution in [-0.4, -0.2) is 16.6 Å².